The first kappa shape index (κ1) is 17.8. The highest BCUT2D eigenvalue weighted by atomic mass is 19.1. The van der Waals surface area contributed by atoms with E-state index in [0.29, 0.717) is 26.0 Å². The van der Waals surface area contributed by atoms with E-state index in [-0.39, 0.29) is 23.9 Å². The summed E-state index contributed by atoms with van der Waals surface area (Å²) in [6.07, 6.45) is 8.38. The number of aromatic nitrogens is 3. The lowest BCUT2D eigenvalue weighted by Gasteiger charge is -2.32. The average Bonchev–Trinajstić information content (AvgIpc) is 3.07. The van der Waals surface area contributed by atoms with Crippen LogP contribution in [0.5, 0.6) is 5.88 Å². The number of nitrogens with zero attached hydrogens (tertiary/aromatic N) is 4. The zero-order valence-corrected chi connectivity index (χ0v) is 14.8. The van der Waals surface area contributed by atoms with Crippen molar-refractivity contribution in [1.29, 1.82) is 0 Å². The molecule has 2 saturated heterocycles. The van der Waals surface area contributed by atoms with Gasteiger partial charge in [-0.1, -0.05) is 0 Å². The Kier molecular flexibility index (Phi) is 5.24. The number of rotatable bonds is 5. The second kappa shape index (κ2) is 7.96. The SMILES string of the molecule is O=C(CCc1cncnc1)N1C[C@H](Oc2ncccc2F)[C@H]2OCCC[C@H]21. The number of hydrogen-bond donors (Lipinski definition) is 0. The lowest BCUT2D eigenvalue weighted by Crippen LogP contribution is -2.44. The van der Waals surface area contributed by atoms with Crippen molar-refractivity contribution in [2.75, 3.05) is 13.2 Å². The molecule has 0 aliphatic carbocycles. The van der Waals surface area contributed by atoms with Gasteiger partial charge < -0.3 is 14.4 Å². The third-order valence-electron chi connectivity index (χ3n) is 5.03. The molecule has 4 heterocycles. The zero-order chi connectivity index (χ0) is 18.6. The topological polar surface area (TPSA) is 77.4 Å². The molecule has 4 rings (SSSR count). The van der Waals surface area contributed by atoms with Crippen LogP contribution < -0.4 is 4.74 Å². The molecule has 2 aromatic rings. The Hall–Kier alpha value is -2.61. The molecule has 0 N–H and O–H groups in total. The van der Waals surface area contributed by atoms with Crippen LogP contribution in [0.4, 0.5) is 4.39 Å². The molecular formula is C19H21FN4O3. The van der Waals surface area contributed by atoms with E-state index in [9.17, 15) is 9.18 Å². The van der Waals surface area contributed by atoms with E-state index in [0.717, 1.165) is 18.4 Å². The van der Waals surface area contributed by atoms with E-state index in [1.807, 2.05) is 4.90 Å². The van der Waals surface area contributed by atoms with Crippen LogP contribution in [-0.4, -0.2) is 57.2 Å². The van der Waals surface area contributed by atoms with Gasteiger partial charge in [-0.3, -0.25) is 4.79 Å². The van der Waals surface area contributed by atoms with Crippen LogP contribution in [0, 0.1) is 5.82 Å². The minimum absolute atomic E-state index is 0.0342. The molecule has 0 unspecified atom stereocenters. The quantitative estimate of drug-likeness (QED) is 0.796. The fourth-order valence-electron chi connectivity index (χ4n) is 3.76. The number of pyridine rings is 1. The highest BCUT2D eigenvalue weighted by molar-refractivity contribution is 5.77. The number of ether oxygens (including phenoxy) is 2. The summed E-state index contributed by atoms with van der Waals surface area (Å²) in [4.78, 5) is 26.5. The average molecular weight is 372 g/mol. The standard InChI is InChI=1S/C19H21FN4O3/c20-14-3-1-7-23-19(14)27-16-11-24(15-4-2-8-26-18(15)16)17(25)6-5-13-9-21-12-22-10-13/h1,3,7,9-10,12,15-16,18H,2,4-6,8,11H2/t15-,16+,18+/m1/s1. The Balaban J connectivity index is 1.44. The van der Waals surface area contributed by atoms with E-state index in [4.69, 9.17) is 9.47 Å². The smallest absolute Gasteiger partial charge is 0.250 e. The van der Waals surface area contributed by atoms with Crippen molar-refractivity contribution in [3.05, 3.63) is 48.4 Å². The summed E-state index contributed by atoms with van der Waals surface area (Å²) < 4.78 is 25.6. The maximum atomic E-state index is 13.9. The monoisotopic (exact) mass is 372 g/mol. The minimum atomic E-state index is -0.515. The van der Waals surface area contributed by atoms with E-state index in [2.05, 4.69) is 15.0 Å². The molecule has 2 fully saturated rings. The van der Waals surface area contributed by atoms with E-state index in [1.54, 1.807) is 12.4 Å². The Morgan fingerprint density at radius 1 is 1.37 bits per heavy atom. The number of aryl methyl sites for hydroxylation is 1. The van der Waals surface area contributed by atoms with Gasteiger partial charge in [-0.25, -0.2) is 19.3 Å². The highest BCUT2D eigenvalue weighted by Crippen LogP contribution is 2.32. The van der Waals surface area contributed by atoms with Crippen molar-refractivity contribution in [2.24, 2.45) is 0 Å². The number of halogens is 1. The number of hydrogen-bond acceptors (Lipinski definition) is 6. The molecule has 0 spiro atoms. The van der Waals surface area contributed by atoms with Gasteiger partial charge in [-0.05, 0) is 37.0 Å². The van der Waals surface area contributed by atoms with E-state index in [1.165, 1.54) is 24.7 Å². The van der Waals surface area contributed by atoms with Crippen LogP contribution in [0.2, 0.25) is 0 Å². The summed E-state index contributed by atoms with van der Waals surface area (Å²) in [6.45, 7) is 0.991. The molecule has 27 heavy (non-hydrogen) atoms. The molecule has 3 atom stereocenters. The summed E-state index contributed by atoms with van der Waals surface area (Å²) in [5.41, 5.74) is 0.921. The predicted octanol–water partition coefficient (Wildman–Crippen LogP) is 1.78. The lowest BCUT2D eigenvalue weighted by molar-refractivity contribution is -0.134. The van der Waals surface area contributed by atoms with Crippen LogP contribution in [0.25, 0.3) is 0 Å². The fraction of sp³-hybridized carbons (Fsp3) is 0.474. The van der Waals surface area contributed by atoms with E-state index < -0.39 is 11.9 Å². The maximum Gasteiger partial charge on any atom is 0.250 e. The first-order valence-electron chi connectivity index (χ1n) is 9.14. The Morgan fingerprint density at radius 2 is 2.22 bits per heavy atom. The van der Waals surface area contributed by atoms with Crippen molar-refractivity contribution in [1.82, 2.24) is 19.9 Å². The van der Waals surface area contributed by atoms with Crippen molar-refractivity contribution < 1.29 is 18.7 Å². The number of fused-ring (bicyclic) bond motifs is 1. The fourth-order valence-corrected chi connectivity index (χ4v) is 3.76. The lowest BCUT2D eigenvalue weighted by atomic mass is 10.0. The highest BCUT2D eigenvalue weighted by Gasteiger charge is 2.47. The van der Waals surface area contributed by atoms with Crippen molar-refractivity contribution in [3.8, 4) is 5.88 Å². The van der Waals surface area contributed by atoms with Gasteiger partial charge in [0.05, 0.1) is 12.6 Å². The van der Waals surface area contributed by atoms with Crippen molar-refractivity contribution in [2.45, 2.75) is 43.9 Å². The first-order chi connectivity index (χ1) is 13.2. The third-order valence-corrected chi connectivity index (χ3v) is 5.03. The molecular weight excluding hydrogens is 351 g/mol. The number of carbonyl (C=O) groups excluding carboxylic acids is 1. The van der Waals surface area contributed by atoms with Crippen LogP contribution >= 0.6 is 0 Å². The van der Waals surface area contributed by atoms with Gasteiger partial charge in [-0.15, -0.1) is 0 Å². The minimum Gasteiger partial charge on any atom is -0.468 e. The summed E-state index contributed by atoms with van der Waals surface area (Å²) in [5.74, 6) is -0.531. The summed E-state index contributed by atoms with van der Waals surface area (Å²) in [5, 5.41) is 0. The molecule has 0 bridgehead atoms. The number of amides is 1. The molecule has 142 valence electrons. The maximum absolute atomic E-state index is 13.9. The van der Waals surface area contributed by atoms with Crippen molar-refractivity contribution in [3.63, 3.8) is 0 Å². The molecule has 1 amide bonds. The largest absolute Gasteiger partial charge is 0.468 e. The van der Waals surface area contributed by atoms with Gasteiger partial charge in [0.15, 0.2) is 5.82 Å². The van der Waals surface area contributed by atoms with Gasteiger partial charge in [0.1, 0.15) is 18.5 Å². The van der Waals surface area contributed by atoms with Gasteiger partial charge in [0.2, 0.25) is 5.91 Å². The number of likely N-dealkylation sites (tertiary alicyclic amines) is 1. The Morgan fingerprint density at radius 3 is 3.04 bits per heavy atom. The second-order valence-corrected chi connectivity index (χ2v) is 6.78. The van der Waals surface area contributed by atoms with E-state index >= 15 is 0 Å². The summed E-state index contributed by atoms with van der Waals surface area (Å²) in [6, 6.07) is 2.77. The third kappa shape index (κ3) is 3.90. The molecule has 0 saturated carbocycles. The van der Waals surface area contributed by atoms with Gasteiger partial charge in [-0.2, -0.15) is 0 Å². The molecule has 7 nitrogen and oxygen atoms in total. The van der Waals surface area contributed by atoms with Gasteiger partial charge in [0, 0.05) is 31.6 Å². The molecule has 2 aliphatic heterocycles. The second-order valence-electron chi connectivity index (χ2n) is 6.78. The Labute approximate surface area is 156 Å². The van der Waals surface area contributed by atoms with Gasteiger partial charge in [0.25, 0.3) is 5.88 Å². The molecule has 2 aliphatic rings. The zero-order valence-electron chi connectivity index (χ0n) is 14.8. The van der Waals surface area contributed by atoms with Crippen LogP contribution in [0.15, 0.2) is 37.1 Å². The predicted molar refractivity (Wildman–Crippen MR) is 93.4 cm³/mol. The number of carbonyl (C=O) groups is 1. The van der Waals surface area contributed by atoms with Gasteiger partial charge >= 0.3 is 0 Å². The van der Waals surface area contributed by atoms with Crippen molar-refractivity contribution >= 4 is 5.91 Å². The summed E-state index contributed by atoms with van der Waals surface area (Å²) in [7, 11) is 0. The normalized spacial score (nSPS) is 24.5. The van der Waals surface area contributed by atoms with Crippen LogP contribution in [-0.2, 0) is 16.0 Å². The summed E-state index contributed by atoms with van der Waals surface area (Å²) >= 11 is 0. The molecule has 0 radical (unpaired) electrons. The van der Waals surface area contributed by atoms with Crippen LogP contribution in [0.1, 0.15) is 24.8 Å². The first-order valence-corrected chi connectivity index (χ1v) is 9.14. The molecule has 0 aromatic carbocycles. The molecule has 8 heteroatoms. The molecule has 2 aromatic heterocycles. The Bertz CT molecular complexity index is 792. The van der Waals surface area contributed by atoms with Crippen LogP contribution in [0.3, 0.4) is 0 Å².